The quantitative estimate of drug-likeness (QED) is 0.622. The van der Waals surface area contributed by atoms with Crippen LogP contribution in [0.25, 0.3) is 0 Å². The minimum Gasteiger partial charge on any atom is -0.462 e. The number of carbonyl (C=O) groups excluding carboxylic acids is 1. The molecule has 5 aliphatic rings. The maximum Gasteiger partial charge on any atom is 0.302 e. The van der Waals surface area contributed by atoms with E-state index in [0.29, 0.717) is 5.41 Å². The van der Waals surface area contributed by atoms with E-state index >= 15 is 0 Å². The fourth-order valence-corrected chi connectivity index (χ4v) is 8.30. The molecule has 1 spiro atoms. The number of hydrogen-bond acceptors (Lipinski definition) is 4. The predicted octanol–water partition coefficient (Wildman–Crippen LogP) is 4.70. The number of carbonyl (C=O) groups is 1. The molecule has 0 aromatic rings. The van der Waals surface area contributed by atoms with Crippen molar-refractivity contribution in [2.75, 3.05) is 13.2 Å². The lowest BCUT2D eigenvalue weighted by Gasteiger charge is -2.61. The van der Waals surface area contributed by atoms with Crippen LogP contribution < -0.4 is 0 Å². The summed E-state index contributed by atoms with van der Waals surface area (Å²) in [5.41, 5.74) is 0.633. The summed E-state index contributed by atoms with van der Waals surface area (Å²) in [5.74, 6) is 2.74. The van der Waals surface area contributed by atoms with Crippen molar-refractivity contribution in [3.8, 4) is 0 Å². The average molecular weight is 377 g/mol. The van der Waals surface area contributed by atoms with Crippen LogP contribution in [-0.2, 0) is 19.0 Å². The molecule has 4 aliphatic carbocycles. The molecule has 0 radical (unpaired) electrons. The van der Waals surface area contributed by atoms with Gasteiger partial charge in [-0.25, -0.2) is 0 Å². The van der Waals surface area contributed by atoms with Crippen molar-refractivity contribution in [2.45, 2.75) is 90.4 Å². The second kappa shape index (κ2) is 6.19. The van der Waals surface area contributed by atoms with Crippen molar-refractivity contribution in [3.05, 3.63) is 0 Å². The van der Waals surface area contributed by atoms with Gasteiger partial charge < -0.3 is 14.2 Å². The molecule has 5 fully saturated rings. The third kappa shape index (κ3) is 2.65. The molecule has 4 saturated carbocycles. The van der Waals surface area contributed by atoms with E-state index in [-0.39, 0.29) is 23.3 Å². The predicted molar refractivity (Wildman–Crippen MR) is 102 cm³/mol. The zero-order valence-electron chi connectivity index (χ0n) is 17.3. The molecule has 4 heteroatoms. The van der Waals surface area contributed by atoms with Gasteiger partial charge in [0.15, 0.2) is 5.79 Å². The summed E-state index contributed by atoms with van der Waals surface area (Å²) in [5, 5.41) is 0. The lowest BCUT2D eigenvalue weighted by molar-refractivity contribution is -0.230. The van der Waals surface area contributed by atoms with E-state index in [2.05, 4.69) is 13.8 Å². The Labute approximate surface area is 163 Å². The fourth-order valence-electron chi connectivity index (χ4n) is 8.30. The molecule has 0 aromatic heterocycles. The Morgan fingerprint density at radius 2 is 1.63 bits per heavy atom. The highest BCUT2D eigenvalue weighted by Crippen LogP contribution is 2.67. The van der Waals surface area contributed by atoms with Gasteiger partial charge in [0.05, 0.1) is 13.2 Å². The van der Waals surface area contributed by atoms with Gasteiger partial charge in [-0.2, -0.15) is 0 Å². The summed E-state index contributed by atoms with van der Waals surface area (Å²) in [4.78, 5) is 11.6. The van der Waals surface area contributed by atoms with Crippen molar-refractivity contribution in [1.82, 2.24) is 0 Å². The van der Waals surface area contributed by atoms with Crippen molar-refractivity contribution >= 4 is 5.97 Å². The van der Waals surface area contributed by atoms with E-state index in [4.69, 9.17) is 14.2 Å². The molecule has 152 valence electrons. The van der Waals surface area contributed by atoms with Gasteiger partial charge in [-0.3, -0.25) is 4.79 Å². The highest BCUT2D eigenvalue weighted by atomic mass is 16.7. The number of ether oxygens (including phenoxy) is 3. The van der Waals surface area contributed by atoms with Gasteiger partial charge in [0.1, 0.15) is 6.10 Å². The third-order valence-corrected chi connectivity index (χ3v) is 9.70. The van der Waals surface area contributed by atoms with E-state index in [1.54, 1.807) is 6.92 Å². The van der Waals surface area contributed by atoms with Crippen LogP contribution in [0.5, 0.6) is 0 Å². The number of rotatable bonds is 1. The second-order valence-electron chi connectivity index (χ2n) is 10.7. The molecule has 7 atom stereocenters. The summed E-state index contributed by atoms with van der Waals surface area (Å²) >= 11 is 0. The minimum atomic E-state index is -0.256. The van der Waals surface area contributed by atoms with Crippen LogP contribution in [0.2, 0.25) is 0 Å². The first-order valence-electron chi connectivity index (χ1n) is 11.3. The molecule has 0 aromatic carbocycles. The Balaban J connectivity index is 1.37. The van der Waals surface area contributed by atoms with E-state index in [0.717, 1.165) is 56.1 Å². The number of fused-ring (bicyclic) bond motifs is 5. The Kier molecular flexibility index (Phi) is 4.22. The smallest absolute Gasteiger partial charge is 0.302 e. The van der Waals surface area contributed by atoms with Crippen molar-refractivity contribution < 1.29 is 19.0 Å². The van der Waals surface area contributed by atoms with Crippen LogP contribution in [0.1, 0.15) is 78.6 Å². The Morgan fingerprint density at radius 3 is 2.37 bits per heavy atom. The monoisotopic (exact) mass is 376 g/mol. The fraction of sp³-hybridized carbons (Fsp3) is 0.957. The first kappa shape index (κ1) is 18.4. The molecule has 0 unspecified atom stereocenters. The van der Waals surface area contributed by atoms with E-state index < -0.39 is 0 Å². The highest BCUT2D eigenvalue weighted by Gasteiger charge is 2.62. The van der Waals surface area contributed by atoms with Crippen LogP contribution >= 0.6 is 0 Å². The first-order chi connectivity index (χ1) is 12.9. The van der Waals surface area contributed by atoms with Gasteiger partial charge >= 0.3 is 5.97 Å². The van der Waals surface area contributed by atoms with Crippen molar-refractivity contribution in [2.24, 2.45) is 34.5 Å². The van der Waals surface area contributed by atoms with Crippen LogP contribution in [0, 0.1) is 34.5 Å². The SMILES string of the molecule is CC(=O)O[C@H]1CC[C@H]2[C@H]3CC[C@H]4CC5(CC[C@]4(C)[C@@H]3CC[C@]12C)OCCO5. The highest BCUT2D eigenvalue weighted by molar-refractivity contribution is 5.66. The summed E-state index contributed by atoms with van der Waals surface area (Å²) in [6.45, 7) is 8.11. The molecular formula is C23H36O4. The Bertz CT molecular complexity index is 611. The van der Waals surface area contributed by atoms with Gasteiger partial charge in [0.25, 0.3) is 0 Å². The number of esters is 1. The maximum atomic E-state index is 11.6. The van der Waals surface area contributed by atoms with Crippen LogP contribution in [0.3, 0.4) is 0 Å². The molecule has 5 rings (SSSR count). The number of hydrogen-bond donors (Lipinski definition) is 0. The van der Waals surface area contributed by atoms with Crippen molar-refractivity contribution in [1.29, 1.82) is 0 Å². The molecule has 0 amide bonds. The minimum absolute atomic E-state index is 0.103. The maximum absolute atomic E-state index is 11.6. The largest absolute Gasteiger partial charge is 0.462 e. The molecular weight excluding hydrogens is 340 g/mol. The normalized spacial score (nSPS) is 50.7. The van der Waals surface area contributed by atoms with E-state index in [1.807, 2.05) is 0 Å². The molecule has 1 aliphatic heterocycles. The molecule has 27 heavy (non-hydrogen) atoms. The molecule has 1 saturated heterocycles. The van der Waals surface area contributed by atoms with Crippen LogP contribution in [0.15, 0.2) is 0 Å². The third-order valence-electron chi connectivity index (χ3n) is 9.70. The van der Waals surface area contributed by atoms with Gasteiger partial charge in [-0.05, 0) is 74.0 Å². The van der Waals surface area contributed by atoms with Crippen LogP contribution in [-0.4, -0.2) is 31.1 Å². The van der Waals surface area contributed by atoms with Gasteiger partial charge in [0, 0.05) is 25.2 Å². The van der Waals surface area contributed by atoms with Gasteiger partial charge in [-0.15, -0.1) is 0 Å². The molecule has 1 heterocycles. The summed E-state index contributed by atoms with van der Waals surface area (Å²) in [6, 6.07) is 0. The van der Waals surface area contributed by atoms with Crippen LogP contribution in [0.4, 0.5) is 0 Å². The summed E-state index contributed by atoms with van der Waals surface area (Å²) in [7, 11) is 0. The zero-order chi connectivity index (χ0) is 18.9. The Morgan fingerprint density at radius 1 is 0.889 bits per heavy atom. The zero-order valence-corrected chi connectivity index (χ0v) is 17.3. The standard InChI is InChI=1S/C23H36O4/c1-15(24)27-20-7-6-18-17-5-4-16-14-23(25-12-13-26-23)11-10-21(16,2)19(17)8-9-22(18,20)3/h16-20H,4-14H2,1-3H3/t16-,17+,18-,19+,20-,21-,22-/m0/s1. The van der Waals surface area contributed by atoms with Gasteiger partial charge in [-0.1, -0.05) is 13.8 Å². The van der Waals surface area contributed by atoms with E-state index in [1.165, 1.54) is 38.5 Å². The summed E-state index contributed by atoms with van der Waals surface area (Å²) < 4.78 is 17.9. The van der Waals surface area contributed by atoms with E-state index in [9.17, 15) is 4.79 Å². The topological polar surface area (TPSA) is 44.8 Å². The molecule has 0 N–H and O–H groups in total. The lowest BCUT2D eigenvalue weighted by atomic mass is 9.45. The molecule has 4 nitrogen and oxygen atoms in total. The molecule has 0 bridgehead atoms. The lowest BCUT2D eigenvalue weighted by Crippen LogP contribution is -2.56. The second-order valence-corrected chi connectivity index (χ2v) is 10.7. The first-order valence-corrected chi connectivity index (χ1v) is 11.3. The van der Waals surface area contributed by atoms with Gasteiger partial charge in [0.2, 0.25) is 0 Å². The average Bonchev–Trinajstić information content (AvgIpc) is 3.21. The summed E-state index contributed by atoms with van der Waals surface area (Å²) in [6.07, 6.45) is 11.0. The Hall–Kier alpha value is -0.610. The van der Waals surface area contributed by atoms with Crippen molar-refractivity contribution in [3.63, 3.8) is 0 Å².